The third kappa shape index (κ3) is 4.22. The van der Waals surface area contributed by atoms with Gasteiger partial charge >= 0.3 is 5.97 Å². The Morgan fingerprint density at radius 1 is 0.800 bits per heavy atom. The molecule has 7 heteroatoms. The van der Waals surface area contributed by atoms with Crippen LogP contribution in [0.3, 0.4) is 0 Å². The van der Waals surface area contributed by atoms with Crippen molar-refractivity contribution in [1.29, 1.82) is 0 Å². The quantitative estimate of drug-likeness (QED) is 0.207. The van der Waals surface area contributed by atoms with Crippen molar-refractivity contribution in [2.24, 2.45) is 0 Å². The zero-order chi connectivity index (χ0) is 23.2. The zero-order valence-electron chi connectivity index (χ0n) is 18.7. The van der Waals surface area contributed by atoms with Crippen molar-refractivity contribution < 1.29 is 33.9 Å². The average Bonchev–Trinajstić information content (AvgIpc) is 3.62. The Morgan fingerprint density at radius 3 is 2.11 bits per heavy atom. The van der Waals surface area contributed by atoms with E-state index in [1.807, 2.05) is 71.3 Å². The molecule has 35 heavy (non-hydrogen) atoms. The van der Waals surface area contributed by atoms with Crippen molar-refractivity contribution in [2.45, 2.75) is 0 Å². The first kappa shape index (κ1) is 22.6. The van der Waals surface area contributed by atoms with Crippen LogP contribution in [-0.4, -0.2) is 16.1 Å². The molecule has 6 nitrogen and oxygen atoms in total. The maximum absolute atomic E-state index is 11.3. The molecule has 0 aliphatic carbocycles. The number of rotatable bonds is 2. The summed E-state index contributed by atoms with van der Waals surface area (Å²) >= 11 is 0. The fourth-order valence-electron chi connectivity index (χ4n) is 4.16. The Morgan fingerprint density at radius 2 is 1.43 bits per heavy atom. The number of nitrogens with zero attached hydrogens (tertiary/aromatic N) is 4. The second-order valence-electron chi connectivity index (χ2n) is 8.11. The van der Waals surface area contributed by atoms with Gasteiger partial charge in [0.05, 0.1) is 17.0 Å². The van der Waals surface area contributed by atoms with Crippen LogP contribution in [0.2, 0.25) is 0 Å². The number of hydrogen-bond donors (Lipinski definition) is 1. The van der Waals surface area contributed by atoms with Gasteiger partial charge in [-0.15, -0.1) is 22.1 Å². The first-order chi connectivity index (χ1) is 16.5. The molecule has 2 aliphatic rings. The first-order valence-electron chi connectivity index (χ1n) is 10.7. The van der Waals surface area contributed by atoms with Crippen molar-refractivity contribution >= 4 is 52.3 Å². The standard InChI is InChI=1S/C28H19N4O2.Zn/c1-32-23-10-11-24(32)16-22-9-13-26(31-22)27(17-2-4-18(5-3-17)28(33)34)25-12-8-20(30-25)14-19-6-7-21(15-23)29-19;/h2-16H,1H2,(H2-,29,30,31,33,34);/q-1;/p-1. The molecule has 0 radical (unpaired) electrons. The summed E-state index contributed by atoms with van der Waals surface area (Å²) in [4.78, 5) is 25.7. The number of carbonyl (C=O) groups is 1. The molecule has 6 rings (SSSR count). The predicted molar refractivity (Wildman–Crippen MR) is 132 cm³/mol. The molecule has 1 N–H and O–H groups in total. The van der Waals surface area contributed by atoms with Gasteiger partial charge in [0.25, 0.3) is 0 Å². The molecule has 0 amide bonds. The minimum atomic E-state index is -0.962. The fourth-order valence-corrected chi connectivity index (χ4v) is 4.16. The molecule has 166 valence electrons. The Kier molecular flexibility index (Phi) is 5.71. The Labute approximate surface area is 214 Å². The van der Waals surface area contributed by atoms with E-state index in [1.54, 1.807) is 24.3 Å². The van der Waals surface area contributed by atoms with Crippen molar-refractivity contribution in [3.63, 3.8) is 0 Å². The van der Waals surface area contributed by atoms with Gasteiger partial charge in [0.1, 0.15) is 11.4 Å². The fraction of sp³-hybridized carbons (Fsp3) is 0. The van der Waals surface area contributed by atoms with Crippen LogP contribution in [0.5, 0.6) is 0 Å². The largest absolute Gasteiger partial charge is 0.658 e. The van der Waals surface area contributed by atoms with Gasteiger partial charge in [-0.1, -0.05) is 66.7 Å². The summed E-state index contributed by atoms with van der Waals surface area (Å²) in [6, 6.07) is 20.5. The number of hydrogen-bond acceptors (Lipinski definition) is 2. The molecule has 0 fully saturated rings. The number of carboxylic acid groups (broad SMARTS) is 1. The van der Waals surface area contributed by atoms with Crippen LogP contribution >= 0.6 is 0 Å². The van der Waals surface area contributed by atoms with E-state index in [1.165, 1.54) is 0 Å². The smallest absolute Gasteiger partial charge is 0.335 e. The molecule has 0 saturated heterocycles. The van der Waals surface area contributed by atoms with Gasteiger partial charge in [-0.25, -0.2) is 9.78 Å². The molecule has 5 heterocycles. The van der Waals surface area contributed by atoms with Crippen LogP contribution < -0.4 is 14.5 Å². The Hall–Kier alpha value is -4.22. The van der Waals surface area contributed by atoms with E-state index in [9.17, 15) is 9.90 Å². The second-order valence-corrected chi connectivity index (χ2v) is 8.11. The van der Waals surface area contributed by atoms with E-state index in [4.69, 9.17) is 9.97 Å². The van der Waals surface area contributed by atoms with Crippen LogP contribution in [0.4, 0.5) is 0 Å². The average molecular weight is 508 g/mol. The molecular weight excluding hydrogens is 490 g/mol. The first-order valence-corrected chi connectivity index (χ1v) is 10.7. The predicted octanol–water partition coefficient (Wildman–Crippen LogP) is 4.81. The minimum Gasteiger partial charge on any atom is -0.658 e. The number of aromatic carboxylic acids is 1. The number of aromatic nitrogens is 4. The summed E-state index contributed by atoms with van der Waals surface area (Å²) in [6.07, 6.45) is 7.90. The van der Waals surface area contributed by atoms with Gasteiger partial charge in [-0.05, 0) is 35.4 Å². The van der Waals surface area contributed by atoms with Gasteiger partial charge < -0.3 is 19.6 Å². The molecule has 0 saturated carbocycles. The summed E-state index contributed by atoms with van der Waals surface area (Å²) in [5.41, 5.74) is 8.52. The molecule has 0 atom stereocenters. The summed E-state index contributed by atoms with van der Waals surface area (Å²) in [5.74, 6) is -0.962. The molecule has 8 bridgehead atoms. The monoisotopic (exact) mass is 506 g/mol. The Bertz CT molecular complexity index is 1690. The SMILES string of the molecule is [CH2-][n+]1c2cc3ccc(cc4nc(c(-c5ccc(C(=O)O)cc5)c5ccc(cc1C=C2)[n-]5)C=C4)[n-]3.[Zn]. The van der Waals surface area contributed by atoms with Crippen LogP contribution in [0.15, 0.2) is 66.7 Å². The summed E-state index contributed by atoms with van der Waals surface area (Å²) in [5, 5.41) is 9.29. The number of carboxylic acids is 1. The maximum Gasteiger partial charge on any atom is 0.335 e. The van der Waals surface area contributed by atoms with Gasteiger partial charge in [-0.3, -0.25) is 0 Å². The van der Waals surface area contributed by atoms with Crippen LogP contribution in [-0.2, 0) is 19.5 Å². The molecule has 4 aromatic rings. The molecule has 3 aromatic heterocycles. The van der Waals surface area contributed by atoms with Crippen molar-refractivity contribution in [1.82, 2.24) is 15.0 Å². The summed E-state index contributed by atoms with van der Waals surface area (Å²) < 4.78 is 1.86. The van der Waals surface area contributed by atoms with Gasteiger partial charge in [0.2, 0.25) is 0 Å². The van der Waals surface area contributed by atoms with Gasteiger partial charge in [-0.2, -0.15) is 0 Å². The number of benzene rings is 1. The van der Waals surface area contributed by atoms with E-state index in [2.05, 4.69) is 12.0 Å². The molecule has 2 aliphatic heterocycles. The maximum atomic E-state index is 11.3. The van der Waals surface area contributed by atoms with Crippen molar-refractivity contribution in [3.05, 3.63) is 102 Å². The van der Waals surface area contributed by atoms with Gasteiger partial charge in [0, 0.05) is 26.5 Å². The normalized spacial score (nSPS) is 11.9. The van der Waals surface area contributed by atoms with Crippen LogP contribution in [0.25, 0.3) is 57.5 Å². The third-order valence-electron chi connectivity index (χ3n) is 5.87. The van der Waals surface area contributed by atoms with E-state index >= 15 is 0 Å². The van der Waals surface area contributed by atoms with Crippen molar-refractivity contribution in [3.8, 4) is 11.1 Å². The van der Waals surface area contributed by atoms with Crippen molar-refractivity contribution in [2.75, 3.05) is 0 Å². The van der Waals surface area contributed by atoms with Crippen LogP contribution in [0.1, 0.15) is 33.1 Å². The topological polar surface area (TPSA) is 82.3 Å². The van der Waals surface area contributed by atoms with E-state index < -0.39 is 5.97 Å². The van der Waals surface area contributed by atoms with Crippen LogP contribution in [0, 0.1) is 7.05 Å². The molecule has 1 aromatic carbocycles. The molecule has 0 spiro atoms. The van der Waals surface area contributed by atoms with E-state index in [0.717, 1.165) is 56.0 Å². The zero-order valence-corrected chi connectivity index (χ0v) is 21.7. The Balaban J connectivity index is 0.00000253. The van der Waals surface area contributed by atoms with Gasteiger partial charge in [0.15, 0.2) is 0 Å². The minimum absolute atomic E-state index is 0. The van der Waals surface area contributed by atoms with E-state index in [-0.39, 0.29) is 25.0 Å². The number of fused-ring (bicyclic) bond motifs is 8. The second kappa shape index (κ2) is 8.86. The van der Waals surface area contributed by atoms with E-state index in [0.29, 0.717) is 0 Å². The summed E-state index contributed by atoms with van der Waals surface area (Å²) in [7, 11) is 4.18. The molecular formula is C28H18N4O2Zn-2. The molecule has 0 unspecified atom stereocenters. The summed E-state index contributed by atoms with van der Waals surface area (Å²) in [6.45, 7) is 0. The third-order valence-corrected chi connectivity index (χ3v) is 5.87.